The van der Waals surface area contributed by atoms with Crippen LogP contribution in [-0.4, -0.2) is 38.4 Å². The molecule has 130 valence electrons. The Bertz CT molecular complexity index is 658. The number of rotatable bonds is 5. The Morgan fingerprint density at radius 3 is 2.61 bits per heavy atom. The van der Waals surface area contributed by atoms with Gasteiger partial charge in [-0.25, -0.2) is 8.42 Å². The summed E-state index contributed by atoms with van der Waals surface area (Å²) in [7, 11) is -4.01. The minimum atomic E-state index is -4.70. The van der Waals surface area contributed by atoms with Gasteiger partial charge in [-0.15, -0.1) is 0 Å². The summed E-state index contributed by atoms with van der Waals surface area (Å²) in [6, 6.07) is 2.47. The molecule has 0 spiro atoms. The first-order valence-corrected chi connectivity index (χ1v) is 9.09. The molecule has 1 aliphatic rings. The standard InChI is InChI=1S/C14H18ClF3N2O2S/c1-2-7-20(10-5-6-19-9-10)23(21,22)11-3-4-13(15)12(8-11)14(16,17)18/h3-4,8,10,19H,2,5-7,9H2,1H3. The van der Waals surface area contributed by atoms with Crippen molar-refractivity contribution in [2.75, 3.05) is 19.6 Å². The fraction of sp³-hybridized carbons (Fsp3) is 0.571. The highest BCUT2D eigenvalue weighted by molar-refractivity contribution is 7.89. The van der Waals surface area contributed by atoms with Gasteiger partial charge in [0.1, 0.15) is 0 Å². The normalized spacial score (nSPS) is 19.5. The van der Waals surface area contributed by atoms with E-state index in [4.69, 9.17) is 11.6 Å². The third-order valence-corrected chi connectivity index (χ3v) is 6.01. The highest BCUT2D eigenvalue weighted by atomic mass is 35.5. The van der Waals surface area contributed by atoms with E-state index in [1.807, 2.05) is 6.92 Å². The Balaban J connectivity index is 2.45. The molecule has 0 bridgehead atoms. The second-order valence-electron chi connectivity index (χ2n) is 5.40. The van der Waals surface area contributed by atoms with E-state index in [2.05, 4.69) is 5.32 Å². The monoisotopic (exact) mass is 370 g/mol. The Kier molecular flexibility index (Phi) is 5.60. The molecular weight excluding hydrogens is 353 g/mol. The first-order chi connectivity index (χ1) is 10.7. The molecule has 0 saturated carbocycles. The molecule has 1 N–H and O–H groups in total. The third kappa shape index (κ3) is 3.99. The molecule has 0 aromatic heterocycles. The molecule has 0 aliphatic carbocycles. The Labute approximate surface area is 138 Å². The number of hydrogen-bond acceptors (Lipinski definition) is 3. The van der Waals surface area contributed by atoms with Crippen molar-refractivity contribution in [1.82, 2.24) is 9.62 Å². The van der Waals surface area contributed by atoms with Gasteiger partial charge in [0.2, 0.25) is 10.0 Å². The number of sulfonamides is 1. The number of nitrogens with one attached hydrogen (secondary N) is 1. The van der Waals surface area contributed by atoms with Gasteiger partial charge in [-0.3, -0.25) is 0 Å². The van der Waals surface area contributed by atoms with Crippen molar-refractivity contribution in [1.29, 1.82) is 0 Å². The van der Waals surface area contributed by atoms with E-state index in [1.165, 1.54) is 4.31 Å². The third-order valence-electron chi connectivity index (χ3n) is 3.74. The maximum Gasteiger partial charge on any atom is 0.417 e. The van der Waals surface area contributed by atoms with Gasteiger partial charge in [-0.1, -0.05) is 18.5 Å². The van der Waals surface area contributed by atoms with Crippen LogP contribution in [-0.2, 0) is 16.2 Å². The van der Waals surface area contributed by atoms with Crippen molar-refractivity contribution in [3.8, 4) is 0 Å². The molecule has 1 aromatic carbocycles. The van der Waals surface area contributed by atoms with E-state index >= 15 is 0 Å². The molecule has 0 amide bonds. The van der Waals surface area contributed by atoms with Crippen LogP contribution in [0.15, 0.2) is 23.1 Å². The van der Waals surface area contributed by atoms with Crippen molar-refractivity contribution < 1.29 is 21.6 Å². The van der Waals surface area contributed by atoms with Crippen LogP contribution in [0.3, 0.4) is 0 Å². The lowest BCUT2D eigenvalue weighted by Gasteiger charge is -2.27. The average molecular weight is 371 g/mol. The van der Waals surface area contributed by atoms with Crippen molar-refractivity contribution in [3.63, 3.8) is 0 Å². The Morgan fingerprint density at radius 2 is 2.09 bits per heavy atom. The Morgan fingerprint density at radius 1 is 1.39 bits per heavy atom. The van der Waals surface area contributed by atoms with E-state index in [-0.39, 0.29) is 17.5 Å². The highest BCUT2D eigenvalue weighted by Gasteiger charge is 2.37. The van der Waals surface area contributed by atoms with Gasteiger partial charge in [0.05, 0.1) is 15.5 Å². The molecule has 0 radical (unpaired) electrons. The maximum atomic E-state index is 13.0. The highest BCUT2D eigenvalue weighted by Crippen LogP contribution is 2.36. The first kappa shape index (κ1) is 18.5. The van der Waals surface area contributed by atoms with Crippen molar-refractivity contribution in [2.45, 2.75) is 36.9 Å². The minimum Gasteiger partial charge on any atom is -0.315 e. The molecule has 1 aliphatic heterocycles. The summed E-state index contributed by atoms with van der Waals surface area (Å²) < 4.78 is 65.8. The fourth-order valence-electron chi connectivity index (χ4n) is 2.62. The van der Waals surface area contributed by atoms with Crippen LogP contribution < -0.4 is 5.32 Å². The minimum absolute atomic E-state index is 0.245. The van der Waals surface area contributed by atoms with Crippen LogP contribution in [0.4, 0.5) is 13.2 Å². The fourth-order valence-corrected chi connectivity index (χ4v) is 4.62. The van der Waals surface area contributed by atoms with Crippen molar-refractivity contribution in [3.05, 3.63) is 28.8 Å². The van der Waals surface area contributed by atoms with E-state index in [0.29, 0.717) is 32.0 Å². The molecule has 4 nitrogen and oxygen atoms in total. The van der Waals surface area contributed by atoms with Crippen LogP contribution in [0.1, 0.15) is 25.3 Å². The molecule has 23 heavy (non-hydrogen) atoms. The van der Waals surface area contributed by atoms with Crippen molar-refractivity contribution in [2.24, 2.45) is 0 Å². The number of alkyl halides is 3. The molecule has 1 saturated heterocycles. The van der Waals surface area contributed by atoms with Gasteiger partial charge < -0.3 is 5.32 Å². The van der Waals surface area contributed by atoms with Crippen LogP contribution in [0.2, 0.25) is 5.02 Å². The lowest BCUT2D eigenvalue weighted by Crippen LogP contribution is -2.42. The number of nitrogens with zero attached hydrogens (tertiary/aromatic N) is 1. The molecule has 1 aromatic rings. The van der Waals surface area contributed by atoms with Crippen LogP contribution in [0.5, 0.6) is 0 Å². The lowest BCUT2D eigenvalue weighted by molar-refractivity contribution is -0.137. The summed E-state index contributed by atoms with van der Waals surface area (Å²) in [4.78, 5) is -0.380. The lowest BCUT2D eigenvalue weighted by atomic mass is 10.2. The molecule has 1 atom stereocenters. The van der Waals surface area contributed by atoms with Crippen LogP contribution in [0.25, 0.3) is 0 Å². The average Bonchev–Trinajstić information content (AvgIpc) is 2.97. The number of halogens is 4. The molecule has 1 unspecified atom stereocenters. The van der Waals surface area contributed by atoms with Gasteiger partial charge in [0.25, 0.3) is 0 Å². The summed E-state index contributed by atoms with van der Waals surface area (Å²) in [5.41, 5.74) is -1.14. The predicted molar refractivity (Wildman–Crippen MR) is 81.9 cm³/mol. The van der Waals surface area contributed by atoms with Crippen LogP contribution >= 0.6 is 11.6 Å². The second-order valence-corrected chi connectivity index (χ2v) is 7.70. The number of hydrogen-bond donors (Lipinski definition) is 1. The van der Waals surface area contributed by atoms with E-state index in [9.17, 15) is 21.6 Å². The van der Waals surface area contributed by atoms with Gasteiger partial charge >= 0.3 is 6.18 Å². The quantitative estimate of drug-likeness (QED) is 0.866. The summed E-state index contributed by atoms with van der Waals surface area (Å²) in [5, 5.41) is 2.56. The zero-order valence-corrected chi connectivity index (χ0v) is 14.1. The maximum absolute atomic E-state index is 13.0. The van der Waals surface area contributed by atoms with E-state index < -0.39 is 26.8 Å². The van der Waals surface area contributed by atoms with Gasteiger partial charge in [-0.2, -0.15) is 17.5 Å². The molecule has 1 heterocycles. The second kappa shape index (κ2) is 6.96. The van der Waals surface area contributed by atoms with Gasteiger partial charge in [0, 0.05) is 19.1 Å². The summed E-state index contributed by atoms with van der Waals surface area (Å²) in [6.07, 6.45) is -3.48. The summed E-state index contributed by atoms with van der Waals surface area (Å²) >= 11 is 5.56. The van der Waals surface area contributed by atoms with Gasteiger partial charge in [-0.05, 0) is 37.6 Å². The summed E-state index contributed by atoms with van der Waals surface area (Å²) in [6.45, 7) is 3.28. The molecular formula is C14H18ClF3N2O2S. The van der Waals surface area contributed by atoms with Gasteiger partial charge in [0.15, 0.2) is 0 Å². The molecule has 2 rings (SSSR count). The zero-order chi connectivity index (χ0) is 17.3. The first-order valence-electron chi connectivity index (χ1n) is 7.27. The SMILES string of the molecule is CCCN(C1CCNC1)S(=O)(=O)c1ccc(Cl)c(C(F)(F)F)c1. The smallest absolute Gasteiger partial charge is 0.315 e. The number of benzene rings is 1. The Hall–Kier alpha value is -0.830. The molecule has 1 fully saturated rings. The van der Waals surface area contributed by atoms with E-state index in [1.54, 1.807) is 0 Å². The topological polar surface area (TPSA) is 49.4 Å². The van der Waals surface area contributed by atoms with Crippen LogP contribution in [0, 0.1) is 0 Å². The largest absolute Gasteiger partial charge is 0.417 e. The zero-order valence-electron chi connectivity index (χ0n) is 12.5. The van der Waals surface area contributed by atoms with Crippen molar-refractivity contribution >= 4 is 21.6 Å². The summed E-state index contributed by atoms with van der Waals surface area (Å²) in [5.74, 6) is 0. The predicted octanol–water partition coefficient (Wildman–Crippen LogP) is 3.12. The molecule has 9 heteroatoms. The van der Waals surface area contributed by atoms with E-state index in [0.717, 1.165) is 12.1 Å².